The molecule has 0 unspecified atom stereocenters. The lowest BCUT2D eigenvalue weighted by Crippen LogP contribution is -2.21. The molecule has 0 saturated carbocycles. The molecule has 0 aliphatic carbocycles. The molecule has 0 aliphatic heterocycles. The number of carbonyl (C=O) groups is 1. The van der Waals surface area contributed by atoms with Crippen LogP contribution in [0.4, 0.5) is 11.4 Å². The highest BCUT2D eigenvalue weighted by molar-refractivity contribution is 7.80. The molecule has 5 nitrogen and oxygen atoms in total. The average molecular weight is 367 g/mol. The molecule has 0 aliphatic rings. The summed E-state index contributed by atoms with van der Waals surface area (Å²) in [4.78, 5) is 15.4. The van der Waals surface area contributed by atoms with Gasteiger partial charge in [0.1, 0.15) is 5.69 Å². The van der Waals surface area contributed by atoms with Gasteiger partial charge in [0.25, 0.3) is 0 Å². The molecule has 3 N–H and O–H groups in total. The Bertz CT molecular complexity index is 978. The zero-order chi connectivity index (χ0) is 18.7. The number of fused-ring (bicyclic) bond motifs is 1. The van der Waals surface area contributed by atoms with Gasteiger partial charge in [0, 0.05) is 16.6 Å². The summed E-state index contributed by atoms with van der Waals surface area (Å²) in [5.74, 6) is -0.416. The highest BCUT2D eigenvalue weighted by Gasteiger charge is 2.19. The van der Waals surface area contributed by atoms with Crippen LogP contribution < -0.4 is 10.6 Å². The molecule has 134 valence electrons. The Morgan fingerprint density at radius 3 is 2.65 bits per heavy atom. The van der Waals surface area contributed by atoms with E-state index < -0.39 is 5.97 Å². The molecule has 1 heterocycles. The molecular formula is C20H21N3O2S. The van der Waals surface area contributed by atoms with Gasteiger partial charge >= 0.3 is 5.97 Å². The number of rotatable bonds is 4. The minimum atomic E-state index is -0.416. The van der Waals surface area contributed by atoms with Gasteiger partial charge in [0.15, 0.2) is 5.11 Å². The van der Waals surface area contributed by atoms with Crippen LogP contribution in [-0.4, -0.2) is 22.7 Å². The smallest absolute Gasteiger partial charge is 0.356 e. The van der Waals surface area contributed by atoms with Gasteiger partial charge in [-0.2, -0.15) is 0 Å². The van der Waals surface area contributed by atoms with Gasteiger partial charge in [-0.3, -0.25) is 0 Å². The van der Waals surface area contributed by atoms with E-state index in [2.05, 4.69) is 21.7 Å². The minimum absolute atomic E-state index is 0.304. The molecule has 0 atom stereocenters. The molecule has 1 aromatic heterocycles. The van der Waals surface area contributed by atoms with E-state index >= 15 is 0 Å². The fourth-order valence-corrected chi connectivity index (χ4v) is 3.06. The van der Waals surface area contributed by atoms with Crippen molar-refractivity contribution in [2.75, 3.05) is 17.2 Å². The number of hydrogen-bond donors (Lipinski definition) is 3. The molecule has 0 radical (unpaired) electrons. The molecule has 0 amide bonds. The van der Waals surface area contributed by atoms with Crippen molar-refractivity contribution in [1.82, 2.24) is 4.98 Å². The zero-order valence-electron chi connectivity index (χ0n) is 15.0. The molecule has 2 aromatic carbocycles. The fourth-order valence-electron chi connectivity index (χ4n) is 2.85. The first-order valence-electron chi connectivity index (χ1n) is 8.42. The third-order valence-electron chi connectivity index (χ3n) is 4.05. The Hall–Kier alpha value is -2.86. The second-order valence-corrected chi connectivity index (χ2v) is 6.45. The van der Waals surface area contributed by atoms with E-state index in [9.17, 15) is 4.79 Å². The van der Waals surface area contributed by atoms with E-state index in [0.717, 1.165) is 22.2 Å². The van der Waals surface area contributed by atoms with Gasteiger partial charge < -0.3 is 20.4 Å². The summed E-state index contributed by atoms with van der Waals surface area (Å²) in [6.07, 6.45) is 0. The van der Waals surface area contributed by atoms with Crippen LogP contribution in [0.3, 0.4) is 0 Å². The van der Waals surface area contributed by atoms with Gasteiger partial charge in [-0.15, -0.1) is 0 Å². The molecule has 3 rings (SSSR count). The molecule has 6 heteroatoms. The van der Waals surface area contributed by atoms with Crippen LogP contribution in [0, 0.1) is 13.8 Å². The summed E-state index contributed by atoms with van der Waals surface area (Å²) in [7, 11) is 0. The minimum Gasteiger partial charge on any atom is -0.461 e. The highest BCUT2D eigenvalue weighted by Crippen LogP contribution is 2.28. The quantitative estimate of drug-likeness (QED) is 0.458. The molecule has 26 heavy (non-hydrogen) atoms. The van der Waals surface area contributed by atoms with Crippen molar-refractivity contribution in [3.05, 3.63) is 59.3 Å². The molecular weight excluding hydrogens is 346 g/mol. The normalized spacial score (nSPS) is 10.6. The summed E-state index contributed by atoms with van der Waals surface area (Å²) >= 11 is 5.46. The second-order valence-electron chi connectivity index (χ2n) is 6.04. The van der Waals surface area contributed by atoms with Gasteiger partial charge in [-0.1, -0.05) is 35.9 Å². The van der Waals surface area contributed by atoms with E-state index in [1.807, 2.05) is 50.2 Å². The van der Waals surface area contributed by atoms with Crippen LogP contribution >= 0.6 is 12.2 Å². The predicted octanol–water partition coefficient (Wildman–Crippen LogP) is 4.77. The SMILES string of the molecule is CCOC(=O)c1[nH]c2ccccc2c1NC(=S)Nc1ccc(C)cc1C. The first kappa shape index (κ1) is 17.9. The summed E-state index contributed by atoms with van der Waals surface area (Å²) in [6, 6.07) is 13.7. The van der Waals surface area contributed by atoms with Crippen LogP contribution in [0.5, 0.6) is 0 Å². The highest BCUT2D eigenvalue weighted by atomic mass is 32.1. The largest absolute Gasteiger partial charge is 0.461 e. The number of aromatic nitrogens is 1. The summed E-state index contributed by atoms with van der Waals surface area (Å²) in [5, 5.41) is 7.63. The molecule has 0 saturated heterocycles. The number of H-pyrrole nitrogens is 1. The van der Waals surface area contributed by atoms with Crippen molar-refractivity contribution in [3.8, 4) is 0 Å². The topological polar surface area (TPSA) is 66.2 Å². The van der Waals surface area contributed by atoms with Gasteiger partial charge in [-0.05, 0) is 50.7 Å². The van der Waals surface area contributed by atoms with E-state index in [0.29, 0.717) is 23.1 Å². The van der Waals surface area contributed by atoms with Gasteiger partial charge in [-0.25, -0.2) is 4.79 Å². The molecule has 0 bridgehead atoms. The Balaban J connectivity index is 1.90. The summed E-state index contributed by atoms with van der Waals surface area (Å²) < 4.78 is 5.16. The van der Waals surface area contributed by atoms with E-state index in [4.69, 9.17) is 17.0 Å². The zero-order valence-corrected chi connectivity index (χ0v) is 15.8. The Labute approximate surface area is 157 Å². The lowest BCUT2D eigenvalue weighted by atomic mass is 10.1. The maximum Gasteiger partial charge on any atom is 0.356 e. The third-order valence-corrected chi connectivity index (χ3v) is 4.26. The monoisotopic (exact) mass is 367 g/mol. The van der Waals surface area contributed by atoms with Crippen molar-refractivity contribution in [1.29, 1.82) is 0 Å². The van der Waals surface area contributed by atoms with Crippen molar-refractivity contribution in [3.63, 3.8) is 0 Å². The van der Waals surface area contributed by atoms with Gasteiger partial charge in [0.05, 0.1) is 12.3 Å². The molecule has 0 spiro atoms. The van der Waals surface area contributed by atoms with Crippen LogP contribution in [-0.2, 0) is 4.74 Å². The molecule has 3 aromatic rings. The van der Waals surface area contributed by atoms with Crippen molar-refractivity contribution < 1.29 is 9.53 Å². The first-order valence-corrected chi connectivity index (χ1v) is 8.83. The third kappa shape index (κ3) is 3.70. The fraction of sp³-hybridized carbons (Fsp3) is 0.200. The number of ether oxygens (including phenoxy) is 1. The Kier molecular flexibility index (Phi) is 5.23. The lowest BCUT2D eigenvalue weighted by Gasteiger charge is -2.13. The maximum absolute atomic E-state index is 12.3. The predicted molar refractivity (Wildman–Crippen MR) is 110 cm³/mol. The number of hydrogen-bond acceptors (Lipinski definition) is 3. The van der Waals surface area contributed by atoms with E-state index in [-0.39, 0.29) is 0 Å². The maximum atomic E-state index is 12.3. The number of aromatic amines is 1. The van der Waals surface area contributed by atoms with Crippen molar-refractivity contribution >= 4 is 45.6 Å². The summed E-state index contributed by atoms with van der Waals surface area (Å²) in [5.41, 5.74) is 5.02. The van der Waals surface area contributed by atoms with Crippen molar-refractivity contribution in [2.24, 2.45) is 0 Å². The molecule has 0 fully saturated rings. The summed E-state index contributed by atoms with van der Waals surface area (Å²) in [6.45, 7) is 6.15. The van der Waals surface area contributed by atoms with Gasteiger partial charge in [0.2, 0.25) is 0 Å². The number of anilines is 2. The number of esters is 1. The average Bonchev–Trinajstić information content (AvgIpc) is 2.96. The van der Waals surface area contributed by atoms with E-state index in [1.54, 1.807) is 6.92 Å². The Morgan fingerprint density at radius 1 is 1.15 bits per heavy atom. The number of aryl methyl sites for hydroxylation is 2. The lowest BCUT2D eigenvalue weighted by molar-refractivity contribution is 0.0522. The van der Waals surface area contributed by atoms with Crippen LogP contribution in [0.1, 0.15) is 28.5 Å². The van der Waals surface area contributed by atoms with Crippen LogP contribution in [0.15, 0.2) is 42.5 Å². The Morgan fingerprint density at radius 2 is 1.92 bits per heavy atom. The van der Waals surface area contributed by atoms with Crippen LogP contribution in [0.25, 0.3) is 10.9 Å². The van der Waals surface area contributed by atoms with Crippen LogP contribution in [0.2, 0.25) is 0 Å². The first-order chi connectivity index (χ1) is 12.5. The second kappa shape index (κ2) is 7.58. The number of benzene rings is 2. The number of para-hydroxylation sites is 1. The van der Waals surface area contributed by atoms with E-state index in [1.165, 1.54) is 5.56 Å². The van der Waals surface area contributed by atoms with Crippen molar-refractivity contribution in [2.45, 2.75) is 20.8 Å². The standard InChI is InChI=1S/C20H21N3O2S/c1-4-25-19(24)18-17(14-7-5-6-8-16(14)21-18)23-20(26)22-15-10-9-12(2)11-13(15)3/h5-11,21H,4H2,1-3H3,(H2,22,23,26). The number of thiocarbonyl (C=S) groups is 1. The number of carbonyl (C=O) groups excluding carboxylic acids is 1. The number of nitrogens with one attached hydrogen (secondary N) is 3.